The monoisotopic (exact) mass is 262 g/mol. The Kier molecular flexibility index (Phi) is 4.57. The molecule has 2 rings (SSSR count). The summed E-state index contributed by atoms with van der Waals surface area (Å²) in [7, 11) is -2.58. The third-order valence-corrected chi connectivity index (χ3v) is 3.17. The van der Waals surface area contributed by atoms with E-state index in [1.54, 1.807) is 31.4 Å². The Bertz CT molecular complexity index is 643. The number of methoxy groups -OCH3 is 1. The van der Waals surface area contributed by atoms with Crippen molar-refractivity contribution in [3.63, 3.8) is 0 Å². The van der Waals surface area contributed by atoms with Crippen molar-refractivity contribution in [3.05, 3.63) is 36.4 Å². The first kappa shape index (κ1) is 14.5. The van der Waals surface area contributed by atoms with Gasteiger partial charge in [-0.1, -0.05) is 12.1 Å². The van der Waals surface area contributed by atoms with E-state index >= 15 is 0 Å². The van der Waals surface area contributed by atoms with Crippen LogP contribution in [0.3, 0.4) is 0 Å². The van der Waals surface area contributed by atoms with Crippen LogP contribution in [0, 0.1) is 0 Å². The van der Waals surface area contributed by atoms with E-state index in [2.05, 4.69) is 0 Å². The molecule has 0 heterocycles. The minimum Gasteiger partial charge on any atom is -1.00 e. The summed E-state index contributed by atoms with van der Waals surface area (Å²) in [5.41, 5.74) is 0. The first-order valence-corrected chi connectivity index (χ1v) is 6.00. The second-order valence-corrected chi connectivity index (χ2v) is 4.77. The normalized spacial score (nSPS) is 10.9. The molecule has 2 aromatic rings. The number of ether oxygens (including phenoxy) is 1. The molecule has 4 nitrogen and oxygen atoms in total. The first-order chi connectivity index (χ1) is 7.50. The topological polar surface area (TPSA) is 63.6 Å². The predicted molar refractivity (Wildman–Crippen MR) is 61.4 cm³/mol. The van der Waals surface area contributed by atoms with Crippen molar-refractivity contribution < 1.29 is 48.7 Å². The van der Waals surface area contributed by atoms with Gasteiger partial charge < -0.3 is 6.16 Å². The molecular weight excluding hydrogens is 251 g/mol. The van der Waals surface area contributed by atoms with Crippen molar-refractivity contribution in [2.45, 2.75) is 4.90 Å². The maximum absolute atomic E-state index is 10.9. The standard InChI is InChI=1S/C11H10O4S.Na.H/c1-15-10-4-2-9-7-11(16(12,13)14)5-3-8(9)6-10;;/h2-7H,1H3,(H,12,13,14);;/q;+1;-1. The van der Waals surface area contributed by atoms with Crippen LogP contribution in [-0.2, 0) is 10.1 Å². The van der Waals surface area contributed by atoms with E-state index in [-0.39, 0.29) is 35.9 Å². The molecule has 0 radical (unpaired) electrons. The Balaban J connectivity index is 0.00000144. The van der Waals surface area contributed by atoms with Gasteiger partial charge in [0.25, 0.3) is 10.1 Å². The van der Waals surface area contributed by atoms with E-state index in [9.17, 15) is 8.42 Å². The van der Waals surface area contributed by atoms with Gasteiger partial charge in [0.2, 0.25) is 0 Å². The maximum Gasteiger partial charge on any atom is 1.00 e. The van der Waals surface area contributed by atoms with Crippen LogP contribution in [-0.4, -0.2) is 20.1 Å². The SMILES string of the molecule is COc1ccc2cc(S(=O)(=O)O)ccc2c1.[H-].[Na+]. The molecule has 86 valence electrons. The van der Waals surface area contributed by atoms with Crippen LogP contribution in [0.2, 0.25) is 0 Å². The molecule has 0 aromatic heterocycles. The summed E-state index contributed by atoms with van der Waals surface area (Å²) < 4.78 is 35.8. The molecule has 0 amide bonds. The van der Waals surface area contributed by atoms with Gasteiger partial charge >= 0.3 is 29.6 Å². The van der Waals surface area contributed by atoms with Crippen molar-refractivity contribution >= 4 is 20.9 Å². The zero-order valence-corrected chi connectivity index (χ0v) is 12.4. The van der Waals surface area contributed by atoms with E-state index < -0.39 is 10.1 Å². The fraction of sp³-hybridized carbons (Fsp3) is 0.0909. The Labute approximate surface area is 123 Å². The predicted octanol–water partition coefficient (Wildman–Crippen LogP) is -0.788. The summed E-state index contributed by atoms with van der Waals surface area (Å²) in [5.74, 6) is 0.701. The quantitative estimate of drug-likeness (QED) is 0.569. The molecule has 0 atom stereocenters. The fourth-order valence-corrected chi connectivity index (χ4v) is 2.01. The summed E-state index contributed by atoms with van der Waals surface area (Å²) in [6.07, 6.45) is 0. The molecule has 0 aliphatic rings. The van der Waals surface area contributed by atoms with Crippen LogP contribution in [0.1, 0.15) is 1.43 Å². The van der Waals surface area contributed by atoms with E-state index in [1.807, 2.05) is 0 Å². The van der Waals surface area contributed by atoms with Gasteiger partial charge in [-0.25, -0.2) is 0 Å². The van der Waals surface area contributed by atoms with Crippen LogP contribution in [0.4, 0.5) is 0 Å². The summed E-state index contributed by atoms with van der Waals surface area (Å²) in [6.45, 7) is 0. The summed E-state index contributed by atoms with van der Waals surface area (Å²) in [6, 6.07) is 9.67. The van der Waals surface area contributed by atoms with Gasteiger partial charge in [0.05, 0.1) is 12.0 Å². The van der Waals surface area contributed by atoms with Gasteiger partial charge in [0, 0.05) is 0 Å². The van der Waals surface area contributed by atoms with Gasteiger partial charge in [-0.3, -0.25) is 4.55 Å². The second kappa shape index (κ2) is 5.37. The minimum atomic E-state index is -4.14. The largest absolute Gasteiger partial charge is 1.00 e. The van der Waals surface area contributed by atoms with Crippen LogP contribution in [0.25, 0.3) is 10.8 Å². The van der Waals surface area contributed by atoms with E-state index in [1.165, 1.54) is 12.1 Å². The zero-order chi connectivity index (χ0) is 11.8. The molecule has 17 heavy (non-hydrogen) atoms. The number of fused-ring (bicyclic) bond motifs is 1. The number of hydrogen-bond donors (Lipinski definition) is 1. The van der Waals surface area contributed by atoms with Gasteiger partial charge in [-0.15, -0.1) is 0 Å². The van der Waals surface area contributed by atoms with Crippen LogP contribution in [0.5, 0.6) is 5.75 Å². The van der Waals surface area contributed by atoms with Gasteiger partial charge in [-0.2, -0.15) is 8.42 Å². The van der Waals surface area contributed by atoms with Crippen LogP contribution < -0.4 is 34.3 Å². The van der Waals surface area contributed by atoms with Crippen molar-refractivity contribution in [2.24, 2.45) is 0 Å². The molecule has 0 fully saturated rings. The smallest absolute Gasteiger partial charge is 1.00 e. The van der Waals surface area contributed by atoms with Crippen LogP contribution >= 0.6 is 0 Å². The molecular formula is C11H11NaO4S. The van der Waals surface area contributed by atoms with Crippen molar-refractivity contribution in [1.29, 1.82) is 0 Å². The van der Waals surface area contributed by atoms with Crippen molar-refractivity contribution in [2.75, 3.05) is 7.11 Å². The van der Waals surface area contributed by atoms with Gasteiger partial charge in [-0.05, 0) is 35.0 Å². The average Bonchev–Trinajstić information content (AvgIpc) is 2.26. The molecule has 2 aromatic carbocycles. The number of hydrogen-bond acceptors (Lipinski definition) is 3. The maximum atomic E-state index is 10.9. The van der Waals surface area contributed by atoms with E-state index in [0.717, 1.165) is 10.8 Å². The van der Waals surface area contributed by atoms with Gasteiger partial charge in [0.1, 0.15) is 5.75 Å². The fourth-order valence-electron chi connectivity index (χ4n) is 1.49. The third-order valence-electron chi connectivity index (χ3n) is 2.32. The Morgan fingerprint density at radius 2 is 1.71 bits per heavy atom. The van der Waals surface area contributed by atoms with Crippen molar-refractivity contribution in [3.8, 4) is 5.75 Å². The molecule has 6 heteroatoms. The number of rotatable bonds is 2. The molecule has 0 bridgehead atoms. The molecule has 0 saturated carbocycles. The first-order valence-electron chi connectivity index (χ1n) is 4.56. The van der Waals surface area contributed by atoms with Crippen molar-refractivity contribution in [1.82, 2.24) is 0 Å². The average molecular weight is 262 g/mol. The van der Waals surface area contributed by atoms with Gasteiger partial charge in [0.15, 0.2) is 0 Å². The molecule has 0 spiro atoms. The van der Waals surface area contributed by atoms with Crippen LogP contribution in [0.15, 0.2) is 41.3 Å². The Morgan fingerprint density at radius 3 is 2.29 bits per heavy atom. The minimum absolute atomic E-state index is 0. The Morgan fingerprint density at radius 1 is 1.12 bits per heavy atom. The van der Waals surface area contributed by atoms with E-state index in [4.69, 9.17) is 9.29 Å². The molecule has 0 saturated heterocycles. The third kappa shape index (κ3) is 3.20. The molecule has 1 N–H and O–H groups in total. The second-order valence-electron chi connectivity index (χ2n) is 3.35. The summed E-state index contributed by atoms with van der Waals surface area (Å²) in [5, 5.41) is 1.59. The molecule has 0 aliphatic carbocycles. The van der Waals surface area contributed by atoms with E-state index in [0.29, 0.717) is 5.75 Å². The Hall–Kier alpha value is -0.590. The summed E-state index contributed by atoms with van der Waals surface area (Å²) >= 11 is 0. The number of benzene rings is 2. The zero-order valence-electron chi connectivity index (χ0n) is 10.5. The molecule has 0 unspecified atom stereocenters. The summed E-state index contributed by atoms with van der Waals surface area (Å²) in [4.78, 5) is -0.106. The molecule has 0 aliphatic heterocycles.